The molecule has 114 valence electrons. The van der Waals surface area contributed by atoms with Crippen molar-refractivity contribution in [3.8, 4) is 11.3 Å². The average Bonchev–Trinajstić information content (AvgIpc) is 2.86. The maximum absolute atomic E-state index is 13.6. The molecule has 0 radical (unpaired) electrons. The molecule has 2 aromatic carbocycles. The summed E-state index contributed by atoms with van der Waals surface area (Å²) in [5.41, 5.74) is 9.62. The van der Waals surface area contributed by atoms with Gasteiger partial charge in [0.25, 0.3) is 0 Å². The highest BCUT2D eigenvalue weighted by atomic mass is 35.5. The molecule has 0 aliphatic rings. The molecule has 0 saturated heterocycles. The van der Waals surface area contributed by atoms with Gasteiger partial charge in [0.15, 0.2) is 0 Å². The van der Waals surface area contributed by atoms with Crippen LogP contribution in [0, 0.1) is 5.82 Å². The van der Waals surface area contributed by atoms with Gasteiger partial charge in [0, 0.05) is 27.2 Å². The van der Waals surface area contributed by atoms with E-state index in [4.69, 9.17) is 17.3 Å². The average molecular weight is 317 g/mol. The van der Waals surface area contributed by atoms with E-state index in [2.05, 4.69) is 4.98 Å². The fourth-order valence-electron chi connectivity index (χ4n) is 2.82. The van der Waals surface area contributed by atoms with Crippen LogP contribution >= 0.6 is 11.6 Å². The second kappa shape index (κ2) is 6.51. The number of rotatable bonds is 5. The number of H-pyrrole nitrogens is 1. The van der Waals surface area contributed by atoms with Gasteiger partial charge in [0.05, 0.1) is 0 Å². The summed E-state index contributed by atoms with van der Waals surface area (Å²) < 4.78 is 13.6. The number of fused-ring (bicyclic) bond motifs is 1. The lowest BCUT2D eigenvalue weighted by Crippen LogP contribution is -1.99. The minimum Gasteiger partial charge on any atom is -0.354 e. The zero-order valence-electron chi connectivity index (χ0n) is 12.2. The van der Waals surface area contributed by atoms with Crippen LogP contribution in [-0.4, -0.2) is 11.5 Å². The van der Waals surface area contributed by atoms with Gasteiger partial charge >= 0.3 is 0 Å². The molecule has 3 aromatic rings. The molecular formula is C18H18ClFN2. The topological polar surface area (TPSA) is 41.8 Å². The summed E-state index contributed by atoms with van der Waals surface area (Å²) in [6.07, 6.45) is 2.86. The third-order valence-corrected chi connectivity index (χ3v) is 4.10. The van der Waals surface area contributed by atoms with E-state index in [1.165, 1.54) is 11.6 Å². The Hall–Kier alpha value is -1.84. The second-order valence-corrected chi connectivity index (χ2v) is 5.86. The van der Waals surface area contributed by atoms with E-state index in [0.717, 1.165) is 41.4 Å². The van der Waals surface area contributed by atoms with E-state index in [-0.39, 0.29) is 5.82 Å². The molecule has 0 saturated carbocycles. The number of aryl methyl sites for hydroxylation is 1. The fraction of sp³-hybridized carbons (Fsp3) is 0.222. The Morgan fingerprint density at radius 2 is 1.95 bits per heavy atom. The van der Waals surface area contributed by atoms with Gasteiger partial charge in [-0.2, -0.15) is 0 Å². The molecule has 1 aromatic heterocycles. The van der Waals surface area contributed by atoms with Crippen molar-refractivity contribution in [1.29, 1.82) is 0 Å². The highest BCUT2D eigenvalue weighted by Crippen LogP contribution is 2.33. The summed E-state index contributed by atoms with van der Waals surface area (Å²) in [6.45, 7) is 0.679. The van der Waals surface area contributed by atoms with Gasteiger partial charge in [-0.1, -0.05) is 23.7 Å². The van der Waals surface area contributed by atoms with Crippen molar-refractivity contribution in [3.05, 3.63) is 58.9 Å². The van der Waals surface area contributed by atoms with E-state index in [1.807, 2.05) is 24.3 Å². The largest absolute Gasteiger partial charge is 0.354 e. The van der Waals surface area contributed by atoms with Crippen LogP contribution in [0.25, 0.3) is 22.2 Å². The number of benzene rings is 2. The quantitative estimate of drug-likeness (QED) is 0.645. The molecule has 2 nitrogen and oxygen atoms in total. The summed E-state index contributed by atoms with van der Waals surface area (Å²) in [6, 6.07) is 12.4. The molecule has 4 heteroatoms. The number of aromatic amines is 1. The molecule has 0 bridgehead atoms. The highest BCUT2D eigenvalue weighted by molar-refractivity contribution is 6.31. The van der Waals surface area contributed by atoms with Crippen molar-refractivity contribution in [1.82, 2.24) is 4.98 Å². The number of hydrogen-bond acceptors (Lipinski definition) is 1. The van der Waals surface area contributed by atoms with Crippen LogP contribution in [0.2, 0.25) is 5.02 Å². The van der Waals surface area contributed by atoms with Crippen LogP contribution in [-0.2, 0) is 6.42 Å². The third kappa shape index (κ3) is 3.01. The Bertz CT molecular complexity index is 795. The lowest BCUT2D eigenvalue weighted by Gasteiger charge is -2.05. The van der Waals surface area contributed by atoms with Crippen LogP contribution in [0.1, 0.15) is 18.4 Å². The van der Waals surface area contributed by atoms with E-state index < -0.39 is 0 Å². The summed E-state index contributed by atoms with van der Waals surface area (Å²) in [7, 11) is 0. The SMILES string of the molecule is NCCCCc1c(-c2cccc(F)c2)[nH]c2ccc(Cl)cc12. The van der Waals surface area contributed by atoms with Crippen LogP contribution in [0.4, 0.5) is 4.39 Å². The molecule has 22 heavy (non-hydrogen) atoms. The number of aromatic nitrogens is 1. The molecule has 3 N–H and O–H groups in total. The van der Waals surface area contributed by atoms with Crippen molar-refractivity contribution < 1.29 is 4.39 Å². The second-order valence-electron chi connectivity index (χ2n) is 5.42. The lowest BCUT2D eigenvalue weighted by atomic mass is 10.0. The smallest absolute Gasteiger partial charge is 0.123 e. The van der Waals surface area contributed by atoms with Gasteiger partial charge in [-0.25, -0.2) is 4.39 Å². The van der Waals surface area contributed by atoms with Crippen LogP contribution in [0.3, 0.4) is 0 Å². The van der Waals surface area contributed by atoms with Crippen molar-refractivity contribution in [2.24, 2.45) is 5.73 Å². The maximum atomic E-state index is 13.6. The first-order valence-electron chi connectivity index (χ1n) is 7.45. The summed E-state index contributed by atoms with van der Waals surface area (Å²) in [5.74, 6) is -0.234. The normalized spacial score (nSPS) is 11.2. The number of hydrogen-bond donors (Lipinski definition) is 2. The van der Waals surface area contributed by atoms with Crippen molar-refractivity contribution in [2.45, 2.75) is 19.3 Å². The lowest BCUT2D eigenvalue weighted by molar-refractivity contribution is 0.628. The molecule has 0 atom stereocenters. The molecule has 0 spiro atoms. The van der Waals surface area contributed by atoms with Crippen LogP contribution in [0.5, 0.6) is 0 Å². The van der Waals surface area contributed by atoms with E-state index in [9.17, 15) is 4.39 Å². The van der Waals surface area contributed by atoms with Gasteiger partial charge in [0.1, 0.15) is 5.82 Å². The maximum Gasteiger partial charge on any atom is 0.123 e. The Morgan fingerprint density at radius 1 is 1.09 bits per heavy atom. The Labute approximate surface area is 134 Å². The summed E-state index contributed by atoms with van der Waals surface area (Å²) in [5, 5.41) is 1.81. The number of unbranched alkanes of at least 4 members (excludes halogenated alkanes) is 1. The predicted octanol–water partition coefficient (Wildman–Crippen LogP) is 4.91. The van der Waals surface area contributed by atoms with Gasteiger partial charge < -0.3 is 10.7 Å². The van der Waals surface area contributed by atoms with Gasteiger partial charge in [-0.3, -0.25) is 0 Å². The third-order valence-electron chi connectivity index (χ3n) is 3.86. The Kier molecular flexibility index (Phi) is 4.46. The van der Waals surface area contributed by atoms with Crippen molar-refractivity contribution in [3.63, 3.8) is 0 Å². The highest BCUT2D eigenvalue weighted by Gasteiger charge is 2.13. The van der Waals surface area contributed by atoms with Gasteiger partial charge in [-0.15, -0.1) is 0 Å². The first-order chi connectivity index (χ1) is 10.7. The number of nitrogens with two attached hydrogens (primary N) is 1. The monoisotopic (exact) mass is 316 g/mol. The van der Waals surface area contributed by atoms with E-state index in [0.29, 0.717) is 11.6 Å². The van der Waals surface area contributed by atoms with Crippen LogP contribution < -0.4 is 5.73 Å². The molecule has 3 rings (SSSR count). The molecular weight excluding hydrogens is 299 g/mol. The fourth-order valence-corrected chi connectivity index (χ4v) is 2.99. The standard InChI is InChI=1S/C18H18ClFN2/c19-13-7-8-17-16(11-13)15(6-1-2-9-21)18(22-17)12-4-3-5-14(20)10-12/h3-5,7-8,10-11,22H,1-2,6,9,21H2. The Morgan fingerprint density at radius 3 is 2.73 bits per heavy atom. The zero-order chi connectivity index (χ0) is 15.5. The predicted molar refractivity (Wildman–Crippen MR) is 90.7 cm³/mol. The minimum absolute atomic E-state index is 0.234. The summed E-state index contributed by atoms with van der Waals surface area (Å²) >= 11 is 6.14. The molecule has 1 heterocycles. The number of nitrogens with one attached hydrogen (secondary N) is 1. The molecule has 0 amide bonds. The van der Waals surface area contributed by atoms with Crippen LogP contribution in [0.15, 0.2) is 42.5 Å². The van der Waals surface area contributed by atoms with E-state index in [1.54, 1.807) is 12.1 Å². The first kappa shape index (κ1) is 15.1. The minimum atomic E-state index is -0.234. The van der Waals surface area contributed by atoms with Gasteiger partial charge in [0.2, 0.25) is 0 Å². The zero-order valence-corrected chi connectivity index (χ0v) is 13.0. The van der Waals surface area contributed by atoms with Crippen molar-refractivity contribution >= 4 is 22.5 Å². The number of halogens is 2. The molecule has 0 fully saturated rings. The van der Waals surface area contributed by atoms with E-state index >= 15 is 0 Å². The summed E-state index contributed by atoms with van der Waals surface area (Å²) in [4.78, 5) is 3.41. The Balaban J connectivity index is 2.13. The van der Waals surface area contributed by atoms with Gasteiger partial charge in [-0.05, 0) is 61.7 Å². The van der Waals surface area contributed by atoms with Crippen molar-refractivity contribution in [2.75, 3.05) is 6.54 Å². The molecule has 0 unspecified atom stereocenters. The first-order valence-corrected chi connectivity index (χ1v) is 7.83. The molecule has 0 aliphatic heterocycles. The molecule has 0 aliphatic carbocycles.